The van der Waals surface area contributed by atoms with Gasteiger partial charge in [0.1, 0.15) is 19.3 Å². The molecule has 19 heavy (non-hydrogen) atoms. The summed E-state index contributed by atoms with van der Waals surface area (Å²) in [5.74, 6) is -1.06. The van der Waals surface area contributed by atoms with Crippen molar-refractivity contribution in [2.45, 2.75) is 13.0 Å². The van der Waals surface area contributed by atoms with Gasteiger partial charge in [0.25, 0.3) is 0 Å². The van der Waals surface area contributed by atoms with Crippen molar-refractivity contribution in [1.82, 2.24) is 0 Å². The lowest BCUT2D eigenvalue weighted by atomic mass is 10.3. The number of hydrogen-bond donors (Lipinski definition) is 3. The van der Waals surface area contributed by atoms with E-state index < -0.39 is 24.6 Å². The number of esters is 2. The van der Waals surface area contributed by atoms with Crippen LogP contribution in [0.25, 0.3) is 0 Å². The topological polar surface area (TPSA) is 113 Å². The quantitative estimate of drug-likeness (QED) is 0.410. The lowest BCUT2D eigenvalue weighted by Crippen LogP contribution is -2.22. The lowest BCUT2D eigenvalue weighted by molar-refractivity contribution is -0.142. The summed E-state index contributed by atoms with van der Waals surface area (Å²) in [7, 11) is 0. The molecule has 0 aromatic rings. The maximum atomic E-state index is 10.6. The molecular formula is C12H20O7. The molecule has 0 fully saturated rings. The summed E-state index contributed by atoms with van der Waals surface area (Å²) in [6.45, 7) is 7.31. The van der Waals surface area contributed by atoms with Gasteiger partial charge >= 0.3 is 11.9 Å². The number of ether oxygens (including phenoxy) is 2. The zero-order chi connectivity index (χ0) is 15.3. The Labute approximate surface area is 111 Å². The van der Waals surface area contributed by atoms with Crippen molar-refractivity contribution in [1.29, 1.82) is 0 Å². The number of aliphatic hydroxyl groups excluding tert-OH is 3. The second kappa shape index (κ2) is 12.7. The first-order chi connectivity index (χ1) is 8.88. The third-order valence-electron chi connectivity index (χ3n) is 1.47. The van der Waals surface area contributed by atoms with E-state index in [0.29, 0.717) is 0 Å². The third kappa shape index (κ3) is 14.2. The molecule has 3 N–H and O–H groups in total. The summed E-state index contributed by atoms with van der Waals surface area (Å²) in [6, 6.07) is 0. The van der Waals surface area contributed by atoms with E-state index in [1.807, 2.05) is 0 Å². The predicted octanol–water partition coefficient (Wildman–Crippen LogP) is -0.833. The zero-order valence-electron chi connectivity index (χ0n) is 10.9. The van der Waals surface area contributed by atoms with E-state index in [1.165, 1.54) is 6.92 Å². The van der Waals surface area contributed by atoms with Crippen molar-refractivity contribution in [3.63, 3.8) is 0 Å². The van der Waals surface area contributed by atoms with E-state index >= 15 is 0 Å². The van der Waals surface area contributed by atoms with Gasteiger partial charge in [0.15, 0.2) is 0 Å². The Morgan fingerprint density at radius 3 is 2.26 bits per heavy atom. The molecule has 0 aromatic carbocycles. The number of aliphatic hydroxyl groups is 3. The Bertz CT molecular complexity index is 298. The fraction of sp³-hybridized carbons (Fsp3) is 0.500. The predicted molar refractivity (Wildman–Crippen MR) is 67.1 cm³/mol. The highest BCUT2D eigenvalue weighted by Gasteiger charge is 2.07. The van der Waals surface area contributed by atoms with Gasteiger partial charge in [0.2, 0.25) is 0 Å². The van der Waals surface area contributed by atoms with E-state index in [0.717, 1.165) is 6.08 Å². The van der Waals surface area contributed by atoms with Crippen LogP contribution in [0.4, 0.5) is 0 Å². The van der Waals surface area contributed by atoms with Crippen LogP contribution < -0.4 is 0 Å². The molecule has 0 heterocycles. The molecule has 0 saturated carbocycles. The Kier molecular flexibility index (Phi) is 13.2. The van der Waals surface area contributed by atoms with Crippen LogP contribution in [0.2, 0.25) is 0 Å². The van der Waals surface area contributed by atoms with E-state index in [1.54, 1.807) is 0 Å². The first-order valence-corrected chi connectivity index (χ1v) is 5.40. The fourth-order valence-electron chi connectivity index (χ4n) is 0.553. The molecule has 7 heteroatoms. The number of hydrogen-bond acceptors (Lipinski definition) is 7. The van der Waals surface area contributed by atoms with Gasteiger partial charge in [0.05, 0.1) is 13.2 Å². The summed E-state index contributed by atoms with van der Waals surface area (Å²) in [5, 5.41) is 25.2. The summed E-state index contributed by atoms with van der Waals surface area (Å²) in [4.78, 5) is 20.8. The molecule has 0 aliphatic rings. The molecule has 0 aliphatic heterocycles. The highest BCUT2D eigenvalue weighted by molar-refractivity contribution is 5.86. The molecule has 0 aromatic heterocycles. The number of carbonyl (C=O) groups excluding carboxylic acids is 2. The standard InChI is InChI=1S/C7H12O4.C5H8O3/c1-5(2)7(10)11-4-6(9)3-8;1-2-5(7)8-4-3-6/h6,8-9H,1,3-4H2,2H3;2,6H,1,3-4H2. The smallest absolute Gasteiger partial charge is 0.333 e. The van der Waals surface area contributed by atoms with Crippen LogP contribution in [0, 0.1) is 0 Å². The van der Waals surface area contributed by atoms with E-state index in [-0.39, 0.29) is 25.4 Å². The molecule has 0 saturated heterocycles. The summed E-state index contributed by atoms with van der Waals surface area (Å²) < 4.78 is 8.84. The number of carbonyl (C=O) groups is 2. The summed E-state index contributed by atoms with van der Waals surface area (Å²) >= 11 is 0. The first kappa shape index (κ1) is 19.6. The van der Waals surface area contributed by atoms with Gasteiger partial charge in [-0.1, -0.05) is 13.2 Å². The Morgan fingerprint density at radius 2 is 1.89 bits per heavy atom. The third-order valence-corrected chi connectivity index (χ3v) is 1.47. The van der Waals surface area contributed by atoms with Crippen LogP contribution in [0.1, 0.15) is 6.92 Å². The average molecular weight is 276 g/mol. The first-order valence-electron chi connectivity index (χ1n) is 5.40. The van der Waals surface area contributed by atoms with Crippen LogP contribution in [-0.2, 0) is 19.1 Å². The summed E-state index contributed by atoms with van der Waals surface area (Å²) in [6.07, 6.45) is 0.0497. The Balaban J connectivity index is 0. The van der Waals surface area contributed by atoms with Gasteiger partial charge in [-0.25, -0.2) is 9.59 Å². The van der Waals surface area contributed by atoms with Crippen LogP contribution >= 0.6 is 0 Å². The SMILES string of the molecule is C=C(C)C(=O)OCC(O)CO.C=CC(=O)OCCO. The lowest BCUT2D eigenvalue weighted by Gasteiger charge is -2.07. The molecule has 0 bridgehead atoms. The minimum absolute atomic E-state index is 0.0465. The van der Waals surface area contributed by atoms with Crippen molar-refractivity contribution in [3.8, 4) is 0 Å². The van der Waals surface area contributed by atoms with Crippen molar-refractivity contribution >= 4 is 11.9 Å². The Morgan fingerprint density at radius 1 is 1.32 bits per heavy atom. The maximum absolute atomic E-state index is 10.6. The van der Waals surface area contributed by atoms with Crippen molar-refractivity contribution in [2.24, 2.45) is 0 Å². The van der Waals surface area contributed by atoms with Crippen LogP contribution in [0.5, 0.6) is 0 Å². The molecule has 1 atom stereocenters. The molecular weight excluding hydrogens is 256 g/mol. The molecule has 1 unspecified atom stereocenters. The van der Waals surface area contributed by atoms with Crippen LogP contribution in [0.3, 0.4) is 0 Å². The molecule has 0 radical (unpaired) electrons. The van der Waals surface area contributed by atoms with E-state index in [4.69, 9.17) is 15.3 Å². The van der Waals surface area contributed by atoms with Gasteiger partial charge in [0, 0.05) is 11.6 Å². The van der Waals surface area contributed by atoms with Crippen LogP contribution in [-0.4, -0.2) is 59.8 Å². The monoisotopic (exact) mass is 276 g/mol. The largest absolute Gasteiger partial charge is 0.460 e. The molecule has 0 rings (SSSR count). The van der Waals surface area contributed by atoms with Gasteiger partial charge in [-0.2, -0.15) is 0 Å². The highest BCUT2D eigenvalue weighted by Crippen LogP contribution is 1.93. The van der Waals surface area contributed by atoms with Gasteiger partial charge in [-0.05, 0) is 6.92 Å². The molecule has 0 aliphatic carbocycles. The Hall–Kier alpha value is -1.70. The molecule has 7 nitrogen and oxygen atoms in total. The zero-order valence-corrected chi connectivity index (χ0v) is 10.9. The second-order valence-electron chi connectivity index (χ2n) is 3.31. The highest BCUT2D eigenvalue weighted by atomic mass is 16.5. The average Bonchev–Trinajstić information content (AvgIpc) is 2.41. The van der Waals surface area contributed by atoms with Crippen molar-refractivity contribution < 1.29 is 34.4 Å². The normalized spacial score (nSPS) is 10.5. The van der Waals surface area contributed by atoms with Gasteiger partial charge in [-0.3, -0.25) is 0 Å². The molecule has 0 spiro atoms. The van der Waals surface area contributed by atoms with Gasteiger partial charge < -0.3 is 24.8 Å². The van der Waals surface area contributed by atoms with Crippen molar-refractivity contribution in [2.75, 3.05) is 26.4 Å². The van der Waals surface area contributed by atoms with E-state index in [9.17, 15) is 9.59 Å². The maximum Gasteiger partial charge on any atom is 0.333 e. The molecule has 110 valence electrons. The number of rotatable bonds is 7. The van der Waals surface area contributed by atoms with Gasteiger partial charge in [-0.15, -0.1) is 0 Å². The second-order valence-corrected chi connectivity index (χ2v) is 3.31. The minimum atomic E-state index is -1.00. The summed E-state index contributed by atoms with van der Waals surface area (Å²) in [5.41, 5.74) is 0.273. The molecule has 0 amide bonds. The van der Waals surface area contributed by atoms with Crippen LogP contribution in [0.15, 0.2) is 24.8 Å². The van der Waals surface area contributed by atoms with Crippen molar-refractivity contribution in [3.05, 3.63) is 24.8 Å². The minimum Gasteiger partial charge on any atom is -0.460 e. The fourth-order valence-corrected chi connectivity index (χ4v) is 0.553. The van der Waals surface area contributed by atoms with E-state index in [2.05, 4.69) is 22.6 Å².